The number of amides is 1. The lowest BCUT2D eigenvalue weighted by Crippen LogP contribution is -2.29. The molecule has 0 aliphatic carbocycles. The minimum Gasteiger partial charge on any atom is -0.268 e. The van der Waals surface area contributed by atoms with Crippen LogP contribution in [0, 0.1) is 13.8 Å². The Kier molecular flexibility index (Phi) is 3.10. The predicted octanol–water partition coefficient (Wildman–Crippen LogP) is 2.65. The van der Waals surface area contributed by atoms with Gasteiger partial charge in [-0.15, -0.1) is 0 Å². The predicted molar refractivity (Wildman–Crippen MR) is 79.4 cm³/mol. The summed E-state index contributed by atoms with van der Waals surface area (Å²) in [5.74, 6) is -0.453. The summed E-state index contributed by atoms with van der Waals surface area (Å²) >= 11 is 0. The molecule has 0 radical (unpaired) electrons. The van der Waals surface area contributed by atoms with Gasteiger partial charge in [-0.1, -0.05) is 35.9 Å². The van der Waals surface area contributed by atoms with Crippen LogP contribution in [0.4, 0.5) is 0 Å². The van der Waals surface area contributed by atoms with Crippen LogP contribution in [-0.4, -0.2) is 18.6 Å². The molecule has 21 heavy (non-hydrogen) atoms. The Morgan fingerprint density at radius 2 is 1.76 bits per heavy atom. The molecule has 0 saturated carbocycles. The van der Waals surface area contributed by atoms with E-state index in [0.29, 0.717) is 0 Å². The number of rotatable bonds is 2. The van der Waals surface area contributed by atoms with Gasteiger partial charge >= 0.3 is 0 Å². The van der Waals surface area contributed by atoms with E-state index in [4.69, 9.17) is 0 Å². The maximum atomic E-state index is 12.5. The van der Waals surface area contributed by atoms with Crippen molar-refractivity contribution in [2.24, 2.45) is 0 Å². The SMILES string of the molecule is Cc1ccc(CN2C(=O)c3ccccc3S2(=O)=O)c(C)c1. The van der Waals surface area contributed by atoms with E-state index in [1.54, 1.807) is 18.2 Å². The van der Waals surface area contributed by atoms with Crippen molar-refractivity contribution in [3.05, 3.63) is 64.7 Å². The Morgan fingerprint density at radius 1 is 1.05 bits per heavy atom. The summed E-state index contributed by atoms with van der Waals surface area (Å²) in [6.07, 6.45) is 0. The van der Waals surface area contributed by atoms with Crippen molar-refractivity contribution >= 4 is 15.9 Å². The smallest absolute Gasteiger partial charge is 0.268 e. The first kappa shape index (κ1) is 13.8. The quantitative estimate of drug-likeness (QED) is 0.857. The van der Waals surface area contributed by atoms with Gasteiger partial charge in [0.1, 0.15) is 4.90 Å². The van der Waals surface area contributed by atoms with Crippen LogP contribution in [0.15, 0.2) is 47.4 Å². The van der Waals surface area contributed by atoms with E-state index >= 15 is 0 Å². The Hall–Kier alpha value is -2.14. The average molecular weight is 301 g/mol. The van der Waals surface area contributed by atoms with E-state index in [1.807, 2.05) is 32.0 Å². The standard InChI is InChI=1S/C16H15NO3S/c1-11-7-8-13(12(2)9-11)10-17-16(18)14-5-3-4-6-15(14)21(17,19)20/h3-9H,10H2,1-2H3. The summed E-state index contributed by atoms with van der Waals surface area (Å²) < 4.78 is 25.9. The van der Waals surface area contributed by atoms with Gasteiger partial charge in [-0.2, -0.15) is 0 Å². The summed E-state index contributed by atoms with van der Waals surface area (Å²) in [6, 6.07) is 12.1. The fourth-order valence-electron chi connectivity index (χ4n) is 2.57. The summed E-state index contributed by atoms with van der Waals surface area (Å²) in [7, 11) is -3.74. The molecule has 108 valence electrons. The van der Waals surface area contributed by atoms with Gasteiger partial charge in [0.25, 0.3) is 15.9 Å². The second-order valence-electron chi connectivity index (χ2n) is 5.24. The molecule has 1 aliphatic rings. The van der Waals surface area contributed by atoms with Crippen LogP contribution in [0.2, 0.25) is 0 Å². The lowest BCUT2D eigenvalue weighted by atomic mass is 10.1. The summed E-state index contributed by atoms with van der Waals surface area (Å²) in [6.45, 7) is 3.97. The molecular formula is C16H15NO3S. The molecule has 1 amide bonds. The number of sulfonamides is 1. The van der Waals surface area contributed by atoms with Crippen LogP contribution in [0.1, 0.15) is 27.0 Å². The Labute approximate surface area is 124 Å². The van der Waals surface area contributed by atoms with Crippen molar-refractivity contribution in [1.29, 1.82) is 0 Å². The van der Waals surface area contributed by atoms with E-state index in [0.717, 1.165) is 21.0 Å². The molecule has 0 N–H and O–H groups in total. The molecule has 0 unspecified atom stereocenters. The zero-order valence-electron chi connectivity index (χ0n) is 11.8. The molecule has 0 atom stereocenters. The summed E-state index contributed by atoms with van der Waals surface area (Å²) in [5, 5.41) is 0. The largest absolute Gasteiger partial charge is 0.269 e. The molecule has 0 saturated heterocycles. The number of carbonyl (C=O) groups excluding carboxylic acids is 1. The van der Waals surface area contributed by atoms with Crippen LogP contribution in [-0.2, 0) is 16.6 Å². The molecular weight excluding hydrogens is 286 g/mol. The lowest BCUT2D eigenvalue weighted by Gasteiger charge is -2.16. The molecule has 2 aromatic rings. The topological polar surface area (TPSA) is 54.5 Å². The van der Waals surface area contributed by atoms with E-state index in [-0.39, 0.29) is 17.0 Å². The zero-order valence-corrected chi connectivity index (χ0v) is 12.6. The number of benzene rings is 2. The van der Waals surface area contributed by atoms with Crippen molar-refractivity contribution in [2.75, 3.05) is 0 Å². The summed E-state index contributed by atoms with van der Waals surface area (Å²) in [4.78, 5) is 12.4. The zero-order chi connectivity index (χ0) is 15.2. The second-order valence-corrected chi connectivity index (χ2v) is 7.07. The molecule has 0 spiro atoms. The van der Waals surface area contributed by atoms with Gasteiger partial charge < -0.3 is 0 Å². The second kappa shape index (κ2) is 4.70. The van der Waals surface area contributed by atoms with Gasteiger partial charge in [0.2, 0.25) is 0 Å². The third kappa shape index (κ3) is 2.14. The van der Waals surface area contributed by atoms with Crippen molar-refractivity contribution < 1.29 is 13.2 Å². The first-order valence-electron chi connectivity index (χ1n) is 6.63. The molecule has 0 bridgehead atoms. The first-order valence-corrected chi connectivity index (χ1v) is 8.07. The monoisotopic (exact) mass is 301 g/mol. The third-order valence-electron chi connectivity index (χ3n) is 3.72. The minimum absolute atomic E-state index is 0.0714. The highest BCUT2D eigenvalue weighted by Gasteiger charge is 2.40. The van der Waals surface area contributed by atoms with Gasteiger partial charge in [-0.25, -0.2) is 12.7 Å². The van der Waals surface area contributed by atoms with Crippen molar-refractivity contribution in [1.82, 2.24) is 4.31 Å². The van der Waals surface area contributed by atoms with E-state index in [2.05, 4.69) is 0 Å². The number of carbonyl (C=O) groups is 1. The molecule has 0 aromatic heterocycles. The van der Waals surface area contributed by atoms with Crippen LogP contribution in [0.5, 0.6) is 0 Å². The fraction of sp³-hybridized carbons (Fsp3) is 0.188. The highest BCUT2D eigenvalue weighted by atomic mass is 32.2. The molecule has 1 heterocycles. The van der Waals surface area contributed by atoms with Gasteiger partial charge in [0.15, 0.2) is 0 Å². The normalized spacial score (nSPS) is 16.1. The maximum absolute atomic E-state index is 12.5. The Balaban J connectivity index is 2.03. The van der Waals surface area contributed by atoms with Crippen LogP contribution in [0.25, 0.3) is 0 Å². The minimum atomic E-state index is -3.74. The fourth-order valence-corrected chi connectivity index (χ4v) is 4.11. The van der Waals surface area contributed by atoms with Gasteiger partial charge in [-0.05, 0) is 37.1 Å². The number of hydrogen-bond acceptors (Lipinski definition) is 3. The highest BCUT2D eigenvalue weighted by molar-refractivity contribution is 7.90. The molecule has 5 heteroatoms. The molecule has 1 aliphatic heterocycles. The first-order chi connectivity index (χ1) is 9.91. The third-order valence-corrected chi connectivity index (χ3v) is 5.51. The van der Waals surface area contributed by atoms with Gasteiger partial charge in [-0.3, -0.25) is 4.79 Å². The number of aryl methyl sites for hydroxylation is 2. The Bertz CT molecular complexity index is 840. The van der Waals surface area contributed by atoms with Crippen molar-refractivity contribution in [2.45, 2.75) is 25.3 Å². The number of hydrogen-bond donors (Lipinski definition) is 0. The highest BCUT2D eigenvalue weighted by Crippen LogP contribution is 2.31. The summed E-state index contributed by atoms with van der Waals surface area (Å²) in [5.41, 5.74) is 3.18. The van der Waals surface area contributed by atoms with Crippen LogP contribution < -0.4 is 0 Å². The van der Waals surface area contributed by atoms with Crippen molar-refractivity contribution in [3.63, 3.8) is 0 Å². The van der Waals surface area contributed by atoms with E-state index in [1.165, 1.54) is 6.07 Å². The number of fused-ring (bicyclic) bond motifs is 1. The maximum Gasteiger partial charge on any atom is 0.269 e. The van der Waals surface area contributed by atoms with Crippen LogP contribution in [0.3, 0.4) is 0 Å². The van der Waals surface area contributed by atoms with Gasteiger partial charge in [0, 0.05) is 0 Å². The lowest BCUT2D eigenvalue weighted by molar-refractivity contribution is 0.0865. The molecule has 4 nitrogen and oxygen atoms in total. The van der Waals surface area contributed by atoms with Gasteiger partial charge in [0.05, 0.1) is 12.1 Å². The van der Waals surface area contributed by atoms with Crippen LogP contribution >= 0.6 is 0 Å². The average Bonchev–Trinajstić information content (AvgIpc) is 2.63. The van der Waals surface area contributed by atoms with E-state index in [9.17, 15) is 13.2 Å². The van der Waals surface area contributed by atoms with Crippen molar-refractivity contribution in [3.8, 4) is 0 Å². The Morgan fingerprint density at radius 3 is 2.43 bits per heavy atom. The molecule has 2 aromatic carbocycles. The molecule has 3 rings (SSSR count). The molecule has 0 fully saturated rings. The van der Waals surface area contributed by atoms with E-state index < -0.39 is 15.9 Å². The number of nitrogens with zero attached hydrogens (tertiary/aromatic N) is 1.